The number of H-pyrrole nitrogens is 1. The van der Waals surface area contributed by atoms with Crippen molar-refractivity contribution >= 4 is 22.6 Å². The number of amides is 1. The zero-order valence-electron chi connectivity index (χ0n) is 15.5. The number of carbonyl (C=O) groups is 1. The highest BCUT2D eigenvalue weighted by atomic mass is 16.5. The predicted molar refractivity (Wildman–Crippen MR) is 106 cm³/mol. The van der Waals surface area contributed by atoms with Crippen LogP contribution >= 0.6 is 0 Å². The standard InChI is InChI=1S/C21H24N4O2/c1-27-19-9-5-4-8-18(19)24-12-14-25(15-13-24)21(26)11-10-20-22-16-6-2-3-7-17(16)23-20/h2-9H,10-15H2,1H3,(H,22,23). The van der Waals surface area contributed by atoms with E-state index >= 15 is 0 Å². The molecule has 0 aliphatic carbocycles. The average Bonchev–Trinajstić information content (AvgIpc) is 3.15. The Hall–Kier alpha value is -3.02. The molecule has 4 rings (SSSR count). The van der Waals surface area contributed by atoms with Gasteiger partial charge in [0.15, 0.2) is 0 Å². The first-order valence-electron chi connectivity index (χ1n) is 9.34. The summed E-state index contributed by atoms with van der Waals surface area (Å²) in [6, 6.07) is 16.0. The van der Waals surface area contributed by atoms with Crippen molar-refractivity contribution in [2.75, 3.05) is 38.2 Å². The number of nitrogens with zero attached hydrogens (tertiary/aromatic N) is 3. The molecule has 0 saturated carbocycles. The number of benzene rings is 2. The maximum Gasteiger partial charge on any atom is 0.223 e. The van der Waals surface area contributed by atoms with E-state index in [9.17, 15) is 4.79 Å². The van der Waals surface area contributed by atoms with Crippen molar-refractivity contribution in [2.45, 2.75) is 12.8 Å². The number of methoxy groups -OCH3 is 1. The number of nitrogens with one attached hydrogen (secondary N) is 1. The molecule has 27 heavy (non-hydrogen) atoms. The molecule has 1 amide bonds. The first kappa shape index (κ1) is 17.4. The van der Waals surface area contributed by atoms with E-state index in [1.807, 2.05) is 47.4 Å². The molecule has 0 radical (unpaired) electrons. The summed E-state index contributed by atoms with van der Waals surface area (Å²) in [5.41, 5.74) is 3.06. The minimum Gasteiger partial charge on any atom is -0.495 e. The summed E-state index contributed by atoms with van der Waals surface area (Å²) in [6.07, 6.45) is 1.12. The molecule has 1 fully saturated rings. The molecule has 3 aromatic rings. The van der Waals surface area contributed by atoms with Gasteiger partial charge < -0.3 is 19.5 Å². The Morgan fingerprint density at radius 1 is 1.07 bits per heavy atom. The molecule has 140 valence electrons. The number of imidazole rings is 1. The van der Waals surface area contributed by atoms with Gasteiger partial charge in [-0.05, 0) is 24.3 Å². The fourth-order valence-electron chi connectivity index (χ4n) is 3.60. The maximum atomic E-state index is 12.6. The predicted octanol–water partition coefficient (Wildman–Crippen LogP) is 2.85. The van der Waals surface area contributed by atoms with E-state index in [2.05, 4.69) is 20.9 Å². The average molecular weight is 364 g/mol. The van der Waals surface area contributed by atoms with Gasteiger partial charge in [-0.15, -0.1) is 0 Å². The molecule has 1 saturated heterocycles. The monoisotopic (exact) mass is 364 g/mol. The lowest BCUT2D eigenvalue weighted by atomic mass is 10.2. The highest BCUT2D eigenvalue weighted by Crippen LogP contribution is 2.28. The van der Waals surface area contributed by atoms with Gasteiger partial charge in [-0.2, -0.15) is 0 Å². The Morgan fingerprint density at radius 3 is 2.59 bits per heavy atom. The quantitative estimate of drug-likeness (QED) is 0.756. The highest BCUT2D eigenvalue weighted by Gasteiger charge is 2.22. The second-order valence-corrected chi connectivity index (χ2v) is 6.74. The number of carbonyl (C=O) groups excluding carboxylic acids is 1. The van der Waals surface area contributed by atoms with Gasteiger partial charge >= 0.3 is 0 Å². The van der Waals surface area contributed by atoms with E-state index in [0.717, 1.165) is 54.5 Å². The summed E-state index contributed by atoms with van der Waals surface area (Å²) in [5, 5.41) is 0. The fourth-order valence-corrected chi connectivity index (χ4v) is 3.60. The fraction of sp³-hybridized carbons (Fsp3) is 0.333. The third kappa shape index (κ3) is 3.74. The zero-order valence-corrected chi connectivity index (χ0v) is 15.5. The van der Waals surface area contributed by atoms with Gasteiger partial charge in [0.05, 0.1) is 23.8 Å². The van der Waals surface area contributed by atoms with E-state index in [1.54, 1.807) is 7.11 Å². The van der Waals surface area contributed by atoms with Crippen molar-refractivity contribution in [3.05, 3.63) is 54.4 Å². The first-order chi connectivity index (χ1) is 13.2. The number of aryl methyl sites for hydroxylation is 1. The largest absolute Gasteiger partial charge is 0.495 e. The minimum atomic E-state index is 0.190. The molecule has 1 aliphatic rings. The molecule has 1 aliphatic heterocycles. The van der Waals surface area contributed by atoms with Gasteiger partial charge in [-0.25, -0.2) is 4.98 Å². The Kier molecular flexibility index (Phi) is 4.96. The van der Waals surface area contributed by atoms with E-state index in [0.29, 0.717) is 12.8 Å². The second kappa shape index (κ2) is 7.70. The van der Waals surface area contributed by atoms with Crippen LogP contribution in [0.1, 0.15) is 12.2 Å². The molecule has 0 atom stereocenters. The van der Waals surface area contributed by atoms with Crippen LogP contribution in [-0.4, -0.2) is 54.1 Å². The number of fused-ring (bicyclic) bond motifs is 1. The van der Waals surface area contributed by atoms with Gasteiger partial charge in [-0.3, -0.25) is 4.79 Å². The van der Waals surface area contributed by atoms with Crippen LogP contribution in [0, 0.1) is 0 Å². The summed E-state index contributed by atoms with van der Waals surface area (Å²) < 4.78 is 5.45. The van der Waals surface area contributed by atoms with Crippen LogP contribution in [0.5, 0.6) is 5.75 Å². The van der Waals surface area contributed by atoms with Crippen LogP contribution in [0.15, 0.2) is 48.5 Å². The molecule has 1 N–H and O–H groups in total. The van der Waals surface area contributed by atoms with Crippen LogP contribution in [0.4, 0.5) is 5.69 Å². The van der Waals surface area contributed by atoms with Crippen molar-refractivity contribution in [1.29, 1.82) is 0 Å². The Labute approximate surface area is 158 Å². The SMILES string of the molecule is COc1ccccc1N1CCN(C(=O)CCc2nc3ccccc3[nH]2)CC1. The number of piperazine rings is 1. The normalized spacial score (nSPS) is 14.6. The maximum absolute atomic E-state index is 12.6. The summed E-state index contributed by atoms with van der Waals surface area (Å²) in [7, 11) is 1.69. The Balaban J connectivity index is 1.32. The first-order valence-corrected chi connectivity index (χ1v) is 9.34. The van der Waals surface area contributed by atoms with Crippen LogP contribution in [0.25, 0.3) is 11.0 Å². The third-order valence-electron chi connectivity index (χ3n) is 5.07. The lowest BCUT2D eigenvalue weighted by Crippen LogP contribution is -2.49. The molecule has 0 spiro atoms. The second-order valence-electron chi connectivity index (χ2n) is 6.74. The van der Waals surface area contributed by atoms with Crippen LogP contribution < -0.4 is 9.64 Å². The summed E-state index contributed by atoms with van der Waals surface area (Å²) in [5.74, 6) is 1.94. The van der Waals surface area contributed by atoms with Crippen molar-refractivity contribution in [1.82, 2.24) is 14.9 Å². The van der Waals surface area contributed by atoms with Gasteiger partial charge in [0.25, 0.3) is 0 Å². The molecular weight excluding hydrogens is 340 g/mol. The van der Waals surface area contributed by atoms with Crippen molar-refractivity contribution in [2.24, 2.45) is 0 Å². The summed E-state index contributed by atoms with van der Waals surface area (Å²) in [4.78, 5) is 24.7. The van der Waals surface area contributed by atoms with Crippen LogP contribution in [0.3, 0.4) is 0 Å². The molecule has 6 nitrogen and oxygen atoms in total. The zero-order chi connectivity index (χ0) is 18.6. The molecule has 2 aromatic carbocycles. The number of aromatic amines is 1. The van der Waals surface area contributed by atoms with Crippen molar-refractivity contribution < 1.29 is 9.53 Å². The van der Waals surface area contributed by atoms with E-state index in [1.165, 1.54) is 0 Å². The topological polar surface area (TPSA) is 61.5 Å². The molecule has 0 bridgehead atoms. The number of para-hydroxylation sites is 4. The smallest absolute Gasteiger partial charge is 0.223 e. The van der Waals surface area contributed by atoms with Gasteiger partial charge in [0.1, 0.15) is 11.6 Å². The Bertz CT molecular complexity index is 896. The van der Waals surface area contributed by atoms with E-state index in [4.69, 9.17) is 4.74 Å². The van der Waals surface area contributed by atoms with Crippen LogP contribution in [0.2, 0.25) is 0 Å². The lowest BCUT2D eigenvalue weighted by Gasteiger charge is -2.36. The summed E-state index contributed by atoms with van der Waals surface area (Å²) >= 11 is 0. The number of ether oxygens (including phenoxy) is 1. The van der Waals surface area contributed by atoms with E-state index in [-0.39, 0.29) is 5.91 Å². The third-order valence-corrected chi connectivity index (χ3v) is 5.07. The number of rotatable bonds is 5. The highest BCUT2D eigenvalue weighted by molar-refractivity contribution is 5.77. The number of hydrogen-bond donors (Lipinski definition) is 1. The van der Waals surface area contributed by atoms with Crippen LogP contribution in [-0.2, 0) is 11.2 Å². The van der Waals surface area contributed by atoms with Gasteiger partial charge in [0.2, 0.25) is 5.91 Å². The summed E-state index contributed by atoms with van der Waals surface area (Å²) in [6.45, 7) is 3.10. The molecular formula is C21H24N4O2. The molecule has 1 aromatic heterocycles. The molecule has 6 heteroatoms. The van der Waals surface area contributed by atoms with E-state index < -0.39 is 0 Å². The lowest BCUT2D eigenvalue weighted by molar-refractivity contribution is -0.131. The van der Waals surface area contributed by atoms with Gasteiger partial charge in [-0.1, -0.05) is 24.3 Å². The number of hydrogen-bond acceptors (Lipinski definition) is 4. The molecule has 2 heterocycles. The van der Waals surface area contributed by atoms with Crippen molar-refractivity contribution in [3.63, 3.8) is 0 Å². The number of anilines is 1. The number of aromatic nitrogens is 2. The van der Waals surface area contributed by atoms with Gasteiger partial charge in [0, 0.05) is 39.0 Å². The minimum absolute atomic E-state index is 0.190. The molecule has 0 unspecified atom stereocenters. The van der Waals surface area contributed by atoms with Crippen molar-refractivity contribution in [3.8, 4) is 5.75 Å². The Morgan fingerprint density at radius 2 is 1.81 bits per heavy atom.